The molecule has 0 aliphatic carbocycles. The van der Waals surface area contributed by atoms with Gasteiger partial charge in [0.1, 0.15) is 6.54 Å². The summed E-state index contributed by atoms with van der Waals surface area (Å²) >= 11 is 0. The Labute approximate surface area is 130 Å². The number of nitrogens with one attached hydrogen (secondary N) is 1. The third-order valence-corrected chi connectivity index (χ3v) is 5.21. The highest BCUT2D eigenvalue weighted by Gasteiger charge is 2.36. The van der Waals surface area contributed by atoms with Gasteiger partial charge < -0.3 is 5.32 Å². The lowest BCUT2D eigenvalue weighted by atomic mass is 10.1. The molecule has 1 N–H and O–H groups in total. The van der Waals surface area contributed by atoms with Crippen molar-refractivity contribution in [3.8, 4) is 0 Å². The van der Waals surface area contributed by atoms with Gasteiger partial charge in [0.2, 0.25) is 15.9 Å². The third-order valence-electron chi connectivity index (χ3n) is 3.56. The molecule has 7 heteroatoms. The number of benzene rings is 1. The van der Waals surface area contributed by atoms with E-state index >= 15 is 0 Å². The summed E-state index contributed by atoms with van der Waals surface area (Å²) in [5.74, 6) is -1.36. The Kier molecular flexibility index (Phi) is 4.85. The molecule has 0 bridgehead atoms. The SMILES string of the molecule is CCC[C@@H](C)NC(=O)CN1C(=O)c2ccccc2CS1(=O)=O. The number of fused-ring (bicyclic) bond motifs is 1. The smallest absolute Gasteiger partial charge is 0.268 e. The first-order valence-corrected chi connectivity index (χ1v) is 8.88. The van der Waals surface area contributed by atoms with Crippen LogP contribution in [-0.4, -0.2) is 37.1 Å². The number of hydrogen-bond donors (Lipinski definition) is 1. The van der Waals surface area contributed by atoms with Gasteiger partial charge in [-0.3, -0.25) is 9.59 Å². The highest BCUT2D eigenvalue weighted by Crippen LogP contribution is 2.24. The largest absolute Gasteiger partial charge is 0.352 e. The van der Waals surface area contributed by atoms with Gasteiger partial charge >= 0.3 is 0 Å². The van der Waals surface area contributed by atoms with Gasteiger partial charge in [-0.1, -0.05) is 31.5 Å². The van der Waals surface area contributed by atoms with Crippen LogP contribution in [0.4, 0.5) is 0 Å². The van der Waals surface area contributed by atoms with E-state index in [1.54, 1.807) is 24.3 Å². The first-order valence-electron chi connectivity index (χ1n) is 7.27. The number of hydrogen-bond acceptors (Lipinski definition) is 4. The Morgan fingerprint density at radius 2 is 2.05 bits per heavy atom. The van der Waals surface area contributed by atoms with Crippen LogP contribution in [-0.2, 0) is 20.6 Å². The number of sulfonamides is 1. The van der Waals surface area contributed by atoms with Gasteiger partial charge in [0, 0.05) is 11.6 Å². The molecule has 0 fully saturated rings. The predicted octanol–water partition coefficient (Wildman–Crippen LogP) is 1.28. The van der Waals surface area contributed by atoms with Crippen molar-refractivity contribution >= 4 is 21.8 Å². The van der Waals surface area contributed by atoms with E-state index in [0.29, 0.717) is 15.4 Å². The molecule has 1 aromatic rings. The van der Waals surface area contributed by atoms with E-state index in [1.165, 1.54) is 0 Å². The summed E-state index contributed by atoms with van der Waals surface area (Å²) in [5, 5.41) is 2.71. The molecule has 2 rings (SSSR count). The predicted molar refractivity (Wildman–Crippen MR) is 82.6 cm³/mol. The van der Waals surface area contributed by atoms with E-state index in [0.717, 1.165) is 12.8 Å². The summed E-state index contributed by atoms with van der Waals surface area (Å²) in [6, 6.07) is 6.52. The van der Waals surface area contributed by atoms with Crippen molar-refractivity contribution < 1.29 is 18.0 Å². The highest BCUT2D eigenvalue weighted by atomic mass is 32.2. The number of amides is 2. The lowest BCUT2D eigenvalue weighted by Gasteiger charge is -2.28. The van der Waals surface area contributed by atoms with Crippen LogP contribution in [0.3, 0.4) is 0 Å². The average molecular weight is 324 g/mol. The maximum absolute atomic E-state index is 12.3. The van der Waals surface area contributed by atoms with Crippen LogP contribution in [0.2, 0.25) is 0 Å². The Morgan fingerprint density at radius 1 is 1.36 bits per heavy atom. The van der Waals surface area contributed by atoms with Crippen molar-refractivity contribution in [2.24, 2.45) is 0 Å². The van der Waals surface area contributed by atoms with Gasteiger partial charge in [-0.05, 0) is 25.0 Å². The molecule has 0 saturated carbocycles. The molecule has 1 aliphatic rings. The Morgan fingerprint density at radius 3 is 2.73 bits per heavy atom. The van der Waals surface area contributed by atoms with Gasteiger partial charge in [-0.25, -0.2) is 12.7 Å². The minimum Gasteiger partial charge on any atom is -0.352 e. The van der Waals surface area contributed by atoms with Crippen LogP contribution in [0, 0.1) is 0 Å². The molecule has 0 saturated heterocycles. The van der Waals surface area contributed by atoms with Crippen molar-refractivity contribution in [1.29, 1.82) is 0 Å². The van der Waals surface area contributed by atoms with E-state index in [9.17, 15) is 18.0 Å². The molecule has 0 unspecified atom stereocenters. The molecule has 120 valence electrons. The fraction of sp³-hybridized carbons (Fsp3) is 0.467. The fourth-order valence-corrected chi connectivity index (χ4v) is 3.98. The van der Waals surface area contributed by atoms with Crippen LogP contribution in [0.25, 0.3) is 0 Å². The third kappa shape index (κ3) is 3.47. The van der Waals surface area contributed by atoms with Crippen LogP contribution >= 0.6 is 0 Å². The molecule has 0 radical (unpaired) electrons. The van der Waals surface area contributed by atoms with Crippen molar-refractivity contribution in [2.45, 2.75) is 38.5 Å². The zero-order chi connectivity index (χ0) is 16.3. The van der Waals surface area contributed by atoms with Crippen LogP contribution in [0.15, 0.2) is 24.3 Å². The normalized spacial score (nSPS) is 17.7. The fourth-order valence-electron chi connectivity index (χ4n) is 2.52. The molecule has 0 spiro atoms. The van der Waals surface area contributed by atoms with Gasteiger partial charge in [0.15, 0.2) is 0 Å². The lowest BCUT2D eigenvalue weighted by molar-refractivity contribution is -0.121. The number of carbonyl (C=O) groups excluding carboxylic acids is 2. The number of carbonyl (C=O) groups is 2. The summed E-state index contributed by atoms with van der Waals surface area (Å²) in [7, 11) is -3.81. The van der Waals surface area contributed by atoms with Gasteiger partial charge in [-0.2, -0.15) is 0 Å². The minimum atomic E-state index is -3.81. The van der Waals surface area contributed by atoms with Crippen molar-refractivity contribution in [3.05, 3.63) is 35.4 Å². The molecule has 2 amide bonds. The zero-order valence-corrected chi connectivity index (χ0v) is 13.5. The van der Waals surface area contributed by atoms with Crippen LogP contribution in [0.1, 0.15) is 42.6 Å². The second kappa shape index (κ2) is 6.48. The van der Waals surface area contributed by atoms with Crippen molar-refractivity contribution in [1.82, 2.24) is 9.62 Å². The maximum Gasteiger partial charge on any atom is 0.268 e. The monoisotopic (exact) mass is 324 g/mol. The summed E-state index contributed by atoms with van der Waals surface area (Å²) < 4.78 is 25.1. The zero-order valence-electron chi connectivity index (χ0n) is 12.7. The quantitative estimate of drug-likeness (QED) is 0.884. The molecular weight excluding hydrogens is 304 g/mol. The lowest BCUT2D eigenvalue weighted by Crippen LogP contribution is -2.48. The minimum absolute atomic E-state index is 0.0487. The Balaban J connectivity index is 2.17. The van der Waals surface area contributed by atoms with E-state index in [-0.39, 0.29) is 11.8 Å². The molecular formula is C15H20N2O4S. The van der Waals surface area contributed by atoms with Crippen molar-refractivity contribution in [2.75, 3.05) is 6.54 Å². The summed E-state index contributed by atoms with van der Waals surface area (Å²) in [6.45, 7) is 3.38. The van der Waals surface area contributed by atoms with E-state index in [1.807, 2.05) is 13.8 Å². The topological polar surface area (TPSA) is 83.6 Å². The molecule has 1 aliphatic heterocycles. The highest BCUT2D eigenvalue weighted by molar-refractivity contribution is 7.89. The van der Waals surface area contributed by atoms with Crippen LogP contribution < -0.4 is 5.32 Å². The van der Waals surface area contributed by atoms with Crippen LogP contribution in [0.5, 0.6) is 0 Å². The molecule has 22 heavy (non-hydrogen) atoms. The summed E-state index contributed by atoms with van der Waals surface area (Å²) in [4.78, 5) is 24.3. The van der Waals surface area contributed by atoms with Gasteiger partial charge in [0.25, 0.3) is 5.91 Å². The second-order valence-corrected chi connectivity index (χ2v) is 7.38. The summed E-state index contributed by atoms with van der Waals surface area (Å²) in [6.07, 6.45) is 1.71. The average Bonchev–Trinajstić information content (AvgIpc) is 2.43. The maximum atomic E-state index is 12.3. The van der Waals surface area contributed by atoms with E-state index < -0.39 is 28.4 Å². The van der Waals surface area contributed by atoms with E-state index in [2.05, 4.69) is 5.32 Å². The van der Waals surface area contributed by atoms with Crippen molar-refractivity contribution in [3.63, 3.8) is 0 Å². The summed E-state index contributed by atoms with van der Waals surface area (Å²) in [5.41, 5.74) is 0.815. The Hall–Kier alpha value is -1.89. The first kappa shape index (κ1) is 16.5. The molecule has 6 nitrogen and oxygen atoms in total. The Bertz CT molecular complexity index is 685. The number of nitrogens with zero attached hydrogens (tertiary/aromatic N) is 1. The number of rotatable bonds is 5. The van der Waals surface area contributed by atoms with Gasteiger partial charge in [0.05, 0.1) is 5.75 Å². The van der Waals surface area contributed by atoms with Gasteiger partial charge in [-0.15, -0.1) is 0 Å². The first-order chi connectivity index (χ1) is 10.3. The molecule has 1 aromatic carbocycles. The second-order valence-electron chi connectivity index (χ2n) is 5.48. The van der Waals surface area contributed by atoms with E-state index in [4.69, 9.17) is 0 Å². The molecule has 1 atom stereocenters. The standard InChI is InChI=1S/C15H20N2O4S/c1-3-6-11(2)16-14(18)9-17-15(19)13-8-5-4-7-12(13)10-22(17,20)21/h4-5,7-8,11H,3,6,9-10H2,1-2H3,(H,16,18)/t11-/m1/s1. The molecule has 0 aromatic heterocycles. The molecule has 1 heterocycles.